The van der Waals surface area contributed by atoms with Gasteiger partial charge >= 0.3 is 11.9 Å². The number of ketones is 1. The van der Waals surface area contributed by atoms with Crippen LogP contribution in [0.4, 0.5) is 18.9 Å². The van der Waals surface area contributed by atoms with Crippen molar-refractivity contribution in [1.82, 2.24) is 0 Å². The van der Waals surface area contributed by atoms with Crippen LogP contribution in [0.1, 0.15) is 22.8 Å². The molecule has 0 aliphatic carbocycles. The summed E-state index contributed by atoms with van der Waals surface area (Å²) in [6.45, 7) is 0.946. The Bertz CT molecular complexity index is 511. The molecule has 0 bridgehead atoms. The van der Waals surface area contributed by atoms with E-state index in [2.05, 4.69) is 4.74 Å². The second-order valence-corrected chi connectivity index (χ2v) is 3.39. The summed E-state index contributed by atoms with van der Waals surface area (Å²) < 4.78 is 42.2. The first-order chi connectivity index (χ1) is 8.18. The van der Waals surface area contributed by atoms with Crippen LogP contribution in [0.5, 0.6) is 5.75 Å². The minimum Gasteiger partial charge on any atom is -0.490 e. The molecule has 1 rings (SSSR count). The van der Waals surface area contributed by atoms with E-state index < -0.39 is 39.4 Å². The maximum atomic E-state index is 12.5. The van der Waals surface area contributed by atoms with Gasteiger partial charge in [-0.15, -0.1) is 0 Å². The quantitative estimate of drug-likeness (QED) is 0.477. The number of ether oxygens (including phenoxy) is 1. The van der Waals surface area contributed by atoms with Crippen molar-refractivity contribution < 1.29 is 27.6 Å². The van der Waals surface area contributed by atoms with Crippen molar-refractivity contribution in [1.29, 1.82) is 0 Å². The van der Waals surface area contributed by atoms with Gasteiger partial charge in [0.2, 0.25) is 0 Å². The Balaban J connectivity index is 3.64. The molecule has 0 heterocycles. The highest BCUT2D eigenvalue weighted by Gasteiger charge is 2.35. The Morgan fingerprint density at radius 1 is 1.39 bits per heavy atom. The van der Waals surface area contributed by atoms with Gasteiger partial charge in [0.25, 0.3) is 0 Å². The minimum absolute atomic E-state index is 0.447. The number of rotatable bonds is 3. The van der Waals surface area contributed by atoms with Crippen molar-refractivity contribution in [3.05, 3.63) is 33.4 Å². The van der Waals surface area contributed by atoms with Crippen molar-refractivity contribution in [3.63, 3.8) is 0 Å². The van der Waals surface area contributed by atoms with Gasteiger partial charge in [0.15, 0.2) is 11.5 Å². The van der Waals surface area contributed by atoms with Gasteiger partial charge in [-0.1, -0.05) is 0 Å². The predicted octanol–water partition coefficient (Wildman–Crippen LogP) is 2.82. The summed E-state index contributed by atoms with van der Waals surface area (Å²) >= 11 is 0. The van der Waals surface area contributed by atoms with E-state index in [0.717, 1.165) is 14.0 Å². The number of nitro benzene ring substituents is 1. The summed E-state index contributed by atoms with van der Waals surface area (Å²) in [5.41, 5.74) is -2.57. The van der Waals surface area contributed by atoms with Crippen LogP contribution in [0.3, 0.4) is 0 Å². The van der Waals surface area contributed by atoms with Crippen molar-refractivity contribution >= 4 is 11.5 Å². The molecular formula is C10H8F3NO4. The Morgan fingerprint density at radius 3 is 2.28 bits per heavy atom. The zero-order valence-electron chi connectivity index (χ0n) is 9.37. The molecule has 8 heteroatoms. The van der Waals surface area contributed by atoms with Gasteiger partial charge in [-0.3, -0.25) is 14.9 Å². The van der Waals surface area contributed by atoms with E-state index in [1.807, 2.05) is 0 Å². The monoisotopic (exact) mass is 263 g/mol. The molecule has 0 spiro atoms. The van der Waals surface area contributed by atoms with E-state index >= 15 is 0 Å². The van der Waals surface area contributed by atoms with E-state index in [1.54, 1.807) is 0 Å². The van der Waals surface area contributed by atoms with Gasteiger partial charge in [-0.2, -0.15) is 13.2 Å². The number of methoxy groups -OCH3 is 1. The Kier molecular flexibility index (Phi) is 3.59. The molecule has 1 aromatic rings. The smallest absolute Gasteiger partial charge is 0.416 e. The average molecular weight is 263 g/mol. The third kappa shape index (κ3) is 2.58. The molecule has 0 atom stereocenters. The number of Topliss-reactive ketones (excluding diaryl/α,β-unsaturated/α-hetero) is 1. The lowest BCUT2D eigenvalue weighted by Gasteiger charge is -2.11. The Labute approximate surface area is 99.3 Å². The molecule has 98 valence electrons. The van der Waals surface area contributed by atoms with Gasteiger partial charge in [-0.25, -0.2) is 0 Å². The van der Waals surface area contributed by atoms with Crippen LogP contribution in [-0.2, 0) is 6.18 Å². The molecule has 0 aromatic heterocycles. The number of halogens is 3. The maximum Gasteiger partial charge on any atom is 0.416 e. The molecule has 1 aromatic carbocycles. The lowest BCUT2D eigenvalue weighted by molar-refractivity contribution is -0.386. The molecule has 0 radical (unpaired) electrons. The number of benzene rings is 1. The van der Waals surface area contributed by atoms with E-state index in [1.165, 1.54) is 0 Å². The molecular weight excluding hydrogens is 255 g/mol. The molecule has 0 saturated heterocycles. The third-order valence-corrected chi connectivity index (χ3v) is 2.18. The largest absolute Gasteiger partial charge is 0.490 e. The zero-order valence-corrected chi connectivity index (χ0v) is 9.37. The van der Waals surface area contributed by atoms with Crippen LogP contribution in [0.25, 0.3) is 0 Å². The molecule has 0 fully saturated rings. The van der Waals surface area contributed by atoms with Gasteiger partial charge < -0.3 is 4.74 Å². The Morgan fingerprint density at radius 2 is 1.94 bits per heavy atom. The number of carbonyl (C=O) groups excluding carboxylic acids is 1. The number of carbonyl (C=O) groups is 1. The molecule has 0 saturated carbocycles. The van der Waals surface area contributed by atoms with Crippen LogP contribution in [0, 0.1) is 10.1 Å². The number of nitrogens with zero attached hydrogens (tertiary/aromatic N) is 1. The molecule has 0 unspecified atom stereocenters. The number of alkyl halides is 3. The van der Waals surface area contributed by atoms with Gasteiger partial charge in [0.1, 0.15) is 0 Å². The van der Waals surface area contributed by atoms with Crippen molar-refractivity contribution in [2.75, 3.05) is 7.11 Å². The lowest BCUT2D eigenvalue weighted by Crippen LogP contribution is -2.10. The fraction of sp³-hybridized carbons (Fsp3) is 0.300. The van der Waals surface area contributed by atoms with Gasteiger partial charge in [0, 0.05) is 0 Å². The highest BCUT2D eigenvalue weighted by Crippen LogP contribution is 2.38. The summed E-state index contributed by atoms with van der Waals surface area (Å²) in [4.78, 5) is 21.0. The molecule has 0 amide bonds. The molecule has 18 heavy (non-hydrogen) atoms. The second-order valence-electron chi connectivity index (χ2n) is 3.39. The normalized spacial score (nSPS) is 11.2. The summed E-state index contributed by atoms with van der Waals surface area (Å²) in [7, 11) is 0.992. The molecule has 0 N–H and O–H groups in total. The summed E-state index contributed by atoms with van der Waals surface area (Å²) in [5.74, 6) is -1.44. The molecule has 0 aliphatic heterocycles. The van der Waals surface area contributed by atoms with Crippen LogP contribution >= 0.6 is 0 Å². The first kappa shape index (κ1) is 13.9. The van der Waals surface area contributed by atoms with E-state index in [9.17, 15) is 28.1 Å². The number of hydrogen-bond donors (Lipinski definition) is 0. The lowest BCUT2D eigenvalue weighted by atomic mass is 10.0. The second kappa shape index (κ2) is 4.63. The van der Waals surface area contributed by atoms with E-state index in [4.69, 9.17) is 0 Å². The van der Waals surface area contributed by atoms with Crippen LogP contribution in [-0.4, -0.2) is 17.8 Å². The summed E-state index contributed by atoms with van der Waals surface area (Å²) in [6.07, 6.45) is -4.72. The van der Waals surface area contributed by atoms with Crippen molar-refractivity contribution in [2.24, 2.45) is 0 Å². The third-order valence-electron chi connectivity index (χ3n) is 2.18. The fourth-order valence-electron chi connectivity index (χ4n) is 1.38. The number of nitro groups is 1. The van der Waals surface area contributed by atoms with Crippen LogP contribution in [0.15, 0.2) is 12.1 Å². The zero-order chi connectivity index (χ0) is 14.1. The first-order valence-electron chi connectivity index (χ1n) is 4.63. The minimum atomic E-state index is -4.72. The highest BCUT2D eigenvalue weighted by molar-refractivity contribution is 5.99. The van der Waals surface area contributed by atoms with Crippen molar-refractivity contribution in [2.45, 2.75) is 13.1 Å². The van der Waals surface area contributed by atoms with Crippen LogP contribution in [0.2, 0.25) is 0 Å². The maximum absolute atomic E-state index is 12.5. The fourth-order valence-corrected chi connectivity index (χ4v) is 1.38. The molecule has 5 nitrogen and oxygen atoms in total. The first-order valence-corrected chi connectivity index (χ1v) is 4.63. The predicted molar refractivity (Wildman–Crippen MR) is 54.7 cm³/mol. The van der Waals surface area contributed by atoms with E-state index in [-0.39, 0.29) is 0 Å². The van der Waals surface area contributed by atoms with Crippen molar-refractivity contribution in [3.8, 4) is 5.75 Å². The average Bonchev–Trinajstić information content (AvgIpc) is 2.25. The highest BCUT2D eigenvalue weighted by atomic mass is 19.4. The topological polar surface area (TPSA) is 69.4 Å². The van der Waals surface area contributed by atoms with Gasteiger partial charge in [-0.05, 0) is 19.1 Å². The summed E-state index contributed by atoms with van der Waals surface area (Å²) in [5, 5.41) is 10.8. The Hall–Kier alpha value is -2.12. The molecule has 0 aliphatic rings. The van der Waals surface area contributed by atoms with E-state index in [0.29, 0.717) is 12.1 Å². The van der Waals surface area contributed by atoms with Gasteiger partial charge in [0.05, 0.1) is 23.2 Å². The SMILES string of the molecule is COc1cc(C(F)(F)F)cc(C(C)=O)c1[N+](=O)[O-]. The standard InChI is InChI=1S/C10H8F3NO4/c1-5(15)7-3-6(10(11,12)13)4-8(18-2)9(7)14(16)17/h3-4H,1-2H3. The van der Waals surface area contributed by atoms with Crippen LogP contribution < -0.4 is 4.74 Å². The number of hydrogen-bond acceptors (Lipinski definition) is 4. The summed E-state index contributed by atoms with van der Waals surface area (Å²) in [6, 6.07) is 0.938.